The molecule has 4 rings (SSSR count). The summed E-state index contributed by atoms with van der Waals surface area (Å²) >= 11 is 1.57. The van der Waals surface area contributed by atoms with E-state index in [1.807, 2.05) is 6.92 Å². The fraction of sp³-hybridized carbons (Fsp3) is 0.316. The number of thiophene rings is 1. The first kappa shape index (κ1) is 18.3. The van der Waals surface area contributed by atoms with Gasteiger partial charge in [-0.15, -0.1) is 11.3 Å². The van der Waals surface area contributed by atoms with Gasteiger partial charge in [-0.3, -0.25) is 14.9 Å². The first-order chi connectivity index (χ1) is 13.5. The van der Waals surface area contributed by atoms with Crippen molar-refractivity contribution in [3.63, 3.8) is 0 Å². The van der Waals surface area contributed by atoms with Gasteiger partial charge in [0.25, 0.3) is 11.2 Å². The molecule has 0 bridgehead atoms. The minimum Gasteiger partial charge on any atom is -0.872 e. The van der Waals surface area contributed by atoms with E-state index in [1.165, 1.54) is 15.8 Å². The lowest BCUT2D eigenvalue weighted by molar-refractivity contribution is -0.385. The monoisotopic (exact) mass is 397 g/mol. The highest BCUT2D eigenvalue weighted by molar-refractivity contribution is 7.18. The van der Waals surface area contributed by atoms with Crippen LogP contribution in [0.15, 0.2) is 28.1 Å². The van der Waals surface area contributed by atoms with Gasteiger partial charge in [0, 0.05) is 23.4 Å². The molecule has 0 spiro atoms. The summed E-state index contributed by atoms with van der Waals surface area (Å²) < 4.78 is 1.21. The van der Waals surface area contributed by atoms with Gasteiger partial charge in [0.2, 0.25) is 0 Å². The number of nitro benzene ring substituents is 1. The van der Waals surface area contributed by atoms with Crippen molar-refractivity contribution in [2.45, 2.75) is 39.0 Å². The normalized spacial score (nSPS) is 13.9. The standard InChI is InChI=1S/C19H18N4O4S/c1-2-16-21-18-17(13-5-3-4-6-15(13)28-18)19(25)22(16)20-10-11-9-12(23(26)27)7-8-14(11)24/h7-10,24H,2-6H2,1H3/p-1. The second-order valence-electron chi connectivity index (χ2n) is 6.61. The van der Waals surface area contributed by atoms with E-state index in [0.717, 1.165) is 54.3 Å². The molecule has 2 heterocycles. The van der Waals surface area contributed by atoms with E-state index in [2.05, 4.69) is 10.1 Å². The number of aryl methyl sites for hydroxylation is 3. The molecule has 0 aliphatic heterocycles. The highest BCUT2D eigenvalue weighted by Crippen LogP contribution is 2.33. The number of nitrogens with zero attached hydrogens (tertiary/aromatic N) is 4. The quantitative estimate of drug-likeness (QED) is 0.381. The maximum Gasteiger partial charge on any atom is 0.283 e. The number of non-ortho nitro benzene ring substituents is 1. The van der Waals surface area contributed by atoms with Crippen LogP contribution in [0, 0.1) is 10.1 Å². The van der Waals surface area contributed by atoms with E-state index in [9.17, 15) is 20.0 Å². The summed E-state index contributed by atoms with van der Waals surface area (Å²) in [6.45, 7) is 1.87. The highest BCUT2D eigenvalue weighted by Gasteiger charge is 2.21. The lowest BCUT2D eigenvalue weighted by atomic mass is 9.97. The van der Waals surface area contributed by atoms with E-state index >= 15 is 0 Å². The van der Waals surface area contributed by atoms with Crippen LogP contribution in [-0.4, -0.2) is 20.8 Å². The van der Waals surface area contributed by atoms with Gasteiger partial charge in [-0.05, 0) is 36.8 Å². The molecule has 1 aromatic carbocycles. The van der Waals surface area contributed by atoms with Crippen LogP contribution in [0.4, 0.5) is 5.69 Å². The number of fused-ring (bicyclic) bond motifs is 3. The topological polar surface area (TPSA) is 113 Å². The van der Waals surface area contributed by atoms with Gasteiger partial charge >= 0.3 is 0 Å². The first-order valence-corrected chi connectivity index (χ1v) is 9.87. The third kappa shape index (κ3) is 3.07. The smallest absolute Gasteiger partial charge is 0.283 e. The van der Waals surface area contributed by atoms with E-state index in [1.54, 1.807) is 11.3 Å². The van der Waals surface area contributed by atoms with Crippen molar-refractivity contribution in [2.75, 3.05) is 0 Å². The molecule has 0 unspecified atom stereocenters. The SMILES string of the molecule is CCc1nc2sc3c(c2c(=O)n1N=Cc1cc([N+](=O)[O-])ccc1[O-])CCCC3. The molecule has 28 heavy (non-hydrogen) atoms. The molecule has 144 valence electrons. The predicted octanol–water partition coefficient (Wildman–Crippen LogP) is 2.76. The van der Waals surface area contributed by atoms with Gasteiger partial charge in [0.1, 0.15) is 10.7 Å². The molecular formula is C19H17N4O4S-. The molecule has 0 amide bonds. The Morgan fingerprint density at radius 2 is 2.14 bits per heavy atom. The molecule has 2 aromatic heterocycles. The Morgan fingerprint density at radius 3 is 2.89 bits per heavy atom. The number of aromatic nitrogens is 2. The molecule has 3 aromatic rings. The Bertz CT molecular complexity index is 1180. The summed E-state index contributed by atoms with van der Waals surface area (Å²) in [5.41, 5.74) is 0.658. The van der Waals surface area contributed by atoms with E-state index < -0.39 is 10.7 Å². The largest absolute Gasteiger partial charge is 0.872 e. The van der Waals surface area contributed by atoms with Gasteiger partial charge < -0.3 is 5.11 Å². The summed E-state index contributed by atoms with van der Waals surface area (Å²) in [5, 5.41) is 27.7. The van der Waals surface area contributed by atoms with Crippen LogP contribution >= 0.6 is 11.3 Å². The molecule has 0 fully saturated rings. The summed E-state index contributed by atoms with van der Waals surface area (Å²) in [7, 11) is 0. The number of benzene rings is 1. The van der Waals surface area contributed by atoms with Crippen molar-refractivity contribution in [1.82, 2.24) is 9.66 Å². The van der Waals surface area contributed by atoms with Crippen LogP contribution < -0.4 is 10.7 Å². The summed E-state index contributed by atoms with van der Waals surface area (Å²) in [6.07, 6.45) is 5.67. The molecule has 1 aliphatic carbocycles. The van der Waals surface area contributed by atoms with Gasteiger partial charge in [0.15, 0.2) is 0 Å². The van der Waals surface area contributed by atoms with Crippen LogP contribution in [0.3, 0.4) is 0 Å². The summed E-state index contributed by atoms with van der Waals surface area (Å²) in [5.74, 6) is 0.0904. The van der Waals surface area contributed by atoms with E-state index in [0.29, 0.717) is 17.6 Å². The maximum absolute atomic E-state index is 13.2. The molecular weight excluding hydrogens is 380 g/mol. The second-order valence-corrected chi connectivity index (χ2v) is 7.70. The van der Waals surface area contributed by atoms with Crippen LogP contribution in [0.5, 0.6) is 5.75 Å². The van der Waals surface area contributed by atoms with Crippen molar-refractivity contribution < 1.29 is 10.0 Å². The molecule has 9 heteroatoms. The van der Waals surface area contributed by atoms with Crippen molar-refractivity contribution >= 4 is 33.5 Å². The predicted molar refractivity (Wildman–Crippen MR) is 105 cm³/mol. The number of hydrogen-bond acceptors (Lipinski definition) is 7. The maximum atomic E-state index is 13.2. The Morgan fingerprint density at radius 1 is 1.36 bits per heavy atom. The number of hydrogen-bond donors (Lipinski definition) is 0. The summed E-state index contributed by atoms with van der Waals surface area (Å²) in [6, 6.07) is 3.43. The highest BCUT2D eigenvalue weighted by atomic mass is 32.1. The molecule has 0 saturated carbocycles. The minimum atomic E-state index is -0.578. The van der Waals surface area contributed by atoms with E-state index in [4.69, 9.17) is 0 Å². The first-order valence-electron chi connectivity index (χ1n) is 9.05. The van der Waals surface area contributed by atoms with Gasteiger partial charge in [-0.2, -0.15) is 9.78 Å². The fourth-order valence-corrected chi connectivity index (χ4v) is 4.73. The average Bonchev–Trinajstić information content (AvgIpc) is 3.06. The molecule has 0 radical (unpaired) electrons. The minimum absolute atomic E-state index is 0.0515. The lowest BCUT2D eigenvalue weighted by Gasteiger charge is -2.11. The second kappa shape index (κ2) is 7.16. The van der Waals surface area contributed by atoms with Gasteiger partial charge in [0.05, 0.1) is 16.5 Å². The zero-order valence-electron chi connectivity index (χ0n) is 15.2. The lowest BCUT2D eigenvalue weighted by Crippen LogP contribution is -2.22. The third-order valence-corrected chi connectivity index (χ3v) is 6.05. The van der Waals surface area contributed by atoms with Crippen LogP contribution in [-0.2, 0) is 19.3 Å². The fourth-order valence-electron chi connectivity index (χ4n) is 3.46. The van der Waals surface area contributed by atoms with Crippen molar-refractivity contribution in [3.8, 4) is 5.75 Å². The number of rotatable bonds is 4. The van der Waals surface area contributed by atoms with Crippen LogP contribution in [0.25, 0.3) is 10.2 Å². The van der Waals surface area contributed by atoms with Crippen molar-refractivity contribution in [2.24, 2.45) is 5.10 Å². The van der Waals surface area contributed by atoms with E-state index in [-0.39, 0.29) is 16.8 Å². The van der Waals surface area contributed by atoms with Crippen molar-refractivity contribution in [1.29, 1.82) is 0 Å². The van der Waals surface area contributed by atoms with Crippen LogP contribution in [0.2, 0.25) is 0 Å². The Hall–Kier alpha value is -3.07. The third-order valence-electron chi connectivity index (χ3n) is 4.87. The van der Waals surface area contributed by atoms with Crippen molar-refractivity contribution in [3.05, 3.63) is 60.5 Å². The Kier molecular flexibility index (Phi) is 4.68. The van der Waals surface area contributed by atoms with Gasteiger partial charge in [-0.1, -0.05) is 18.7 Å². The Labute approximate surface area is 163 Å². The molecule has 0 N–H and O–H groups in total. The summed E-state index contributed by atoms with van der Waals surface area (Å²) in [4.78, 5) is 30.1. The number of nitro groups is 1. The molecule has 1 aliphatic rings. The average molecular weight is 397 g/mol. The Balaban J connectivity index is 1.86. The zero-order chi connectivity index (χ0) is 19.8. The van der Waals surface area contributed by atoms with Crippen LogP contribution in [0.1, 0.15) is 41.6 Å². The zero-order valence-corrected chi connectivity index (χ0v) is 16.0. The molecule has 0 atom stereocenters. The van der Waals surface area contributed by atoms with Gasteiger partial charge in [-0.25, -0.2) is 4.98 Å². The molecule has 0 saturated heterocycles. The molecule has 8 nitrogen and oxygen atoms in total.